The van der Waals surface area contributed by atoms with Crippen LogP contribution in [0.3, 0.4) is 0 Å². The number of carboxylic acid groups (broad SMARTS) is 1. The molecular weight excluding hydrogens is 528 g/mol. The zero-order chi connectivity index (χ0) is 27.4. The first kappa shape index (κ1) is 28.0. The molecule has 204 valence electrons. The van der Waals surface area contributed by atoms with E-state index in [0.29, 0.717) is 50.3 Å². The van der Waals surface area contributed by atoms with Crippen molar-refractivity contribution in [3.05, 3.63) is 52.1 Å². The van der Waals surface area contributed by atoms with Crippen molar-refractivity contribution in [2.24, 2.45) is 5.73 Å². The maximum atomic E-state index is 11.8. The number of methoxy groups -OCH3 is 2. The number of benzene rings is 1. The fourth-order valence-electron chi connectivity index (χ4n) is 4.48. The first-order valence-electron chi connectivity index (χ1n) is 12.4. The summed E-state index contributed by atoms with van der Waals surface area (Å²) < 4.78 is 18.4. The molecule has 4 heterocycles. The molecule has 0 atom stereocenters. The molecule has 0 saturated carbocycles. The van der Waals surface area contributed by atoms with Crippen LogP contribution in [0.1, 0.15) is 42.9 Å². The van der Waals surface area contributed by atoms with Gasteiger partial charge in [-0.3, -0.25) is 0 Å². The number of aromatic carboxylic acids is 1. The molecule has 9 nitrogen and oxygen atoms in total. The predicted molar refractivity (Wildman–Crippen MR) is 150 cm³/mol. The average molecular weight is 561 g/mol. The minimum atomic E-state index is -1.05. The Bertz CT molecular complexity index is 1390. The first-order chi connectivity index (χ1) is 18.2. The van der Waals surface area contributed by atoms with Crippen LogP contribution in [0.25, 0.3) is 21.5 Å². The fraction of sp³-hybridized carbons (Fsp3) is 0.407. The van der Waals surface area contributed by atoms with E-state index in [4.69, 9.17) is 31.3 Å². The summed E-state index contributed by atoms with van der Waals surface area (Å²) in [4.78, 5) is 15.2. The lowest BCUT2D eigenvalue weighted by atomic mass is 10.1. The van der Waals surface area contributed by atoms with Crippen LogP contribution >= 0.6 is 22.9 Å². The van der Waals surface area contributed by atoms with Crippen molar-refractivity contribution >= 4 is 39.8 Å². The molecule has 0 amide bonds. The molecule has 1 fully saturated rings. The summed E-state index contributed by atoms with van der Waals surface area (Å²) in [6.45, 7) is 7.09. The number of carboxylic acids is 1. The highest BCUT2D eigenvalue weighted by Crippen LogP contribution is 2.35. The van der Waals surface area contributed by atoms with E-state index >= 15 is 0 Å². The van der Waals surface area contributed by atoms with Gasteiger partial charge in [-0.15, -0.1) is 11.3 Å². The van der Waals surface area contributed by atoms with Crippen molar-refractivity contribution < 1.29 is 23.9 Å². The largest absolute Gasteiger partial charge is 0.497 e. The Balaban J connectivity index is 0.000000283. The van der Waals surface area contributed by atoms with Crippen LogP contribution in [0.15, 0.2) is 40.9 Å². The number of likely N-dealkylation sites (tertiary alicyclic amines) is 1. The van der Waals surface area contributed by atoms with Gasteiger partial charge in [-0.05, 0) is 58.0 Å². The molecule has 0 spiro atoms. The van der Waals surface area contributed by atoms with Gasteiger partial charge >= 0.3 is 5.97 Å². The molecule has 38 heavy (non-hydrogen) atoms. The molecule has 11 heteroatoms. The third kappa shape index (κ3) is 6.32. The minimum absolute atomic E-state index is 0.116. The Morgan fingerprint density at radius 2 is 1.95 bits per heavy atom. The highest BCUT2D eigenvalue weighted by molar-refractivity contribution is 7.19. The number of fused-ring (bicyclic) bond motifs is 1. The predicted octanol–water partition coefficient (Wildman–Crippen LogP) is 5.59. The highest BCUT2D eigenvalue weighted by atomic mass is 35.5. The van der Waals surface area contributed by atoms with Gasteiger partial charge in [-0.2, -0.15) is 0 Å². The number of rotatable bonds is 7. The number of piperidine rings is 1. The monoisotopic (exact) mass is 560 g/mol. The van der Waals surface area contributed by atoms with E-state index in [-0.39, 0.29) is 12.2 Å². The summed E-state index contributed by atoms with van der Waals surface area (Å²) in [5.41, 5.74) is 7.14. The Hall–Kier alpha value is -3.05. The molecule has 0 bridgehead atoms. The average Bonchev–Trinajstić information content (AvgIpc) is 3.63. The molecule has 1 aliphatic rings. The van der Waals surface area contributed by atoms with Crippen molar-refractivity contribution in [2.45, 2.75) is 45.3 Å². The van der Waals surface area contributed by atoms with Gasteiger partial charge in [0.05, 0.1) is 35.5 Å². The molecule has 0 radical (unpaired) electrons. The molecule has 5 rings (SSSR count). The van der Waals surface area contributed by atoms with Crippen molar-refractivity contribution in [3.63, 3.8) is 0 Å². The lowest BCUT2D eigenvalue weighted by Crippen LogP contribution is -2.42. The number of hydrogen-bond donors (Lipinski definition) is 2. The summed E-state index contributed by atoms with van der Waals surface area (Å²) in [6, 6.07) is 11.6. The number of hydrogen-bond acceptors (Lipinski definition) is 8. The quantitative estimate of drug-likeness (QED) is 0.300. The zero-order valence-electron chi connectivity index (χ0n) is 21.9. The first-order valence-corrected chi connectivity index (χ1v) is 13.6. The van der Waals surface area contributed by atoms with Gasteiger partial charge < -0.3 is 34.3 Å². The highest BCUT2D eigenvalue weighted by Gasteiger charge is 2.20. The molecule has 0 aliphatic carbocycles. The molecule has 3 aromatic heterocycles. The van der Waals surface area contributed by atoms with E-state index < -0.39 is 5.97 Å². The lowest BCUT2D eigenvalue weighted by Gasteiger charge is -2.32. The van der Waals surface area contributed by atoms with Crippen molar-refractivity contribution in [3.8, 4) is 22.1 Å². The summed E-state index contributed by atoms with van der Waals surface area (Å²) >= 11 is 7.35. The van der Waals surface area contributed by atoms with E-state index in [1.807, 2.05) is 6.07 Å². The Morgan fingerprint density at radius 3 is 2.53 bits per heavy atom. The third-order valence-electron chi connectivity index (χ3n) is 6.63. The van der Waals surface area contributed by atoms with Gasteiger partial charge in [0.2, 0.25) is 0 Å². The van der Waals surface area contributed by atoms with Gasteiger partial charge in [0.25, 0.3) is 0 Å². The van der Waals surface area contributed by atoms with Crippen LogP contribution in [0.5, 0.6) is 11.5 Å². The van der Waals surface area contributed by atoms with Gasteiger partial charge in [0, 0.05) is 35.7 Å². The number of nitrogens with two attached hydrogens (primary N) is 1. The molecule has 3 N–H and O–H groups in total. The maximum absolute atomic E-state index is 11.8. The Morgan fingerprint density at radius 1 is 1.21 bits per heavy atom. The van der Waals surface area contributed by atoms with Crippen molar-refractivity contribution in [1.82, 2.24) is 14.6 Å². The van der Waals surface area contributed by atoms with E-state index in [9.17, 15) is 9.90 Å². The topological polar surface area (TPSA) is 116 Å². The van der Waals surface area contributed by atoms with Gasteiger partial charge in [-0.25, -0.2) is 4.79 Å². The van der Waals surface area contributed by atoms with E-state index in [1.54, 1.807) is 42.0 Å². The third-order valence-corrected chi connectivity index (χ3v) is 7.88. The van der Waals surface area contributed by atoms with Crippen LogP contribution in [0.2, 0.25) is 4.34 Å². The normalized spacial score (nSPS) is 14.5. The number of carbonyl (C=O) groups is 1. The molecular formula is C27H33ClN4O5S. The Labute approximate surface area is 230 Å². The fourth-order valence-corrected chi connectivity index (χ4v) is 5.47. The molecule has 1 aliphatic heterocycles. The van der Waals surface area contributed by atoms with E-state index in [0.717, 1.165) is 4.88 Å². The summed E-state index contributed by atoms with van der Waals surface area (Å²) in [7, 11) is 3.07. The van der Waals surface area contributed by atoms with Crippen molar-refractivity contribution in [2.75, 3.05) is 27.3 Å². The second kappa shape index (κ2) is 12.2. The van der Waals surface area contributed by atoms with Crippen LogP contribution in [-0.4, -0.2) is 65.1 Å². The number of nitrogens with zero attached hydrogens (tertiary/aromatic N) is 3. The minimum Gasteiger partial charge on any atom is -0.497 e. The molecule has 0 unspecified atom stereocenters. The number of aromatic nitrogens is 2. The van der Waals surface area contributed by atoms with Crippen molar-refractivity contribution in [1.29, 1.82) is 0 Å². The maximum Gasteiger partial charge on any atom is 0.352 e. The molecule has 1 aromatic carbocycles. The van der Waals surface area contributed by atoms with E-state index in [2.05, 4.69) is 23.9 Å². The second-order valence-electron chi connectivity index (χ2n) is 9.44. The summed E-state index contributed by atoms with van der Waals surface area (Å²) in [5, 5.41) is 14.4. The van der Waals surface area contributed by atoms with Crippen LogP contribution in [-0.2, 0) is 6.54 Å². The second-order valence-corrected chi connectivity index (χ2v) is 11.2. The van der Waals surface area contributed by atoms with Gasteiger partial charge in [-0.1, -0.05) is 16.8 Å². The SMILES string of the molecule is CC(C)N1CCC(N)CC1.COc1cc(OC)c2cc(C(=O)O)n(Cc3cc(-c4ccc(Cl)s4)on3)c2c1. The Kier molecular flexibility index (Phi) is 8.99. The van der Waals surface area contributed by atoms with Crippen LogP contribution in [0.4, 0.5) is 0 Å². The summed E-state index contributed by atoms with van der Waals surface area (Å²) in [5.74, 6) is 0.626. The zero-order valence-corrected chi connectivity index (χ0v) is 23.5. The smallest absolute Gasteiger partial charge is 0.352 e. The standard InChI is InChI=1S/C19H15ClN2O5S.C8H18N2/c1-25-11-6-13-12(15(7-11)26-2)8-14(19(23)24)22(13)9-10-5-16(27-21-10)17-3-4-18(20)28-17;1-7(2)10-5-3-8(9)4-6-10/h3-8H,9H2,1-2H3,(H,23,24);7-8H,3-6,9H2,1-2H3. The number of thiophene rings is 1. The van der Waals surface area contributed by atoms with Gasteiger partial charge in [0.15, 0.2) is 5.76 Å². The number of ether oxygens (including phenoxy) is 2. The van der Waals surface area contributed by atoms with Gasteiger partial charge in [0.1, 0.15) is 22.9 Å². The van der Waals surface area contributed by atoms with E-state index in [1.165, 1.54) is 44.4 Å². The lowest BCUT2D eigenvalue weighted by molar-refractivity contribution is 0.0686. The molecule has 1 saturated heterocycles. The van der Waals surface area contributed by atoms with Crippen LogP contribution in [0, 0.1) is 0 Å². The summed E-state index contributed by atoms with van der Waals surface area (Å²) in [6.07, 6.45) is 2.36. The molecule has 4 aromatic rings. The van der Waals surface area contributed by atoms with Crippen LogP contribution < -0.4 is 15.2 Å². The number of halogens is 1.